The van der Waals surface area contributed by atoms with E-state index in [-0.39, 0.29) is 0 Å². The van der Waals surface area contributed by atoms with Crippen LogP contribution in [0.15, 0.2) is 18.6 Å². The van der Waals surface area contributed by atoms with Crippen molar-refractivity contribution < 1.29 is 0 Å². The first kappa shape index (κ1) is 10.8. The van der Waals surface area contributed by atoms with Gasteiger partial charge in [-0.05, 0) is 31.3 Å². The zero-order valence-electron chi connectivity index (χ0n) is 9.05. The van der Waals surface area contributed by atoms with E-state index in [0.29, 0.717) is 17.5 Å². The molecule has 3 rings (SSSR count). The molecule has 0 aliphatic carbocycles. The predicted octanol–water partition coefficient (Wildman–Crippen LogP) is -2.10. The van der Waals surface area contributed by atoms with Gasteiger partial charge in [0.15, 0.2) is 17.5 Å². The van der Waals surface area contributed by atoms with E-state index in [2.05, 4.69) is 61.9 Å². The summed E-state index contributed by atoms with van der Waals surface area (Å²) < 4.78 is 0. The van der Waals surface area contributed by atoms with Gasteiger partial charge in [-0.15, -0.1) is 30.6 Å². The second-order valence-electron chi connectivity index (χ2n) is 2.98. The first-order chi connectivity index (χ1) is 9.45. The molecule has 0 aliphatic heterocycles. The van der Waals surface area contributed by atoms with Gasteiger partial charge in [0.1, 0.15) is 0 Å². The molecule has 0 unspecified atom stereocenters. The van der Waals surface area contributed by atoms with Crippen LogP contribution in [0.25, 0.3) is 0 Å². The molecule has 0 radical (unpaired) electrons. The molecular formula is C6H3N13. The van der Waals surface area contributed by atoms with Gasteiger partial charge >= 0.3 is 0 Å². The van der Waals surface area contributed by atoms with Gasteiger partial charge in [-0.2, -0.15) is 0 Å². The number of aromatic nitrogens is 12. The Balaban J connectivity index is 2.12. The molecular weight excluding hydrogens is 254 g/mol. The van der Waals surface area contributed by atoms with Gasteiger partial charge < -0.3 is 0 Å². The fraction of sp³-hybridized carbons (Fsp3) is 0. The lowest BCUT2D eigenvalue weighted by atomic mass is 10.5. The van der Waals surface area contributed by atoms with Crippen molar-refractivity contribution in [3.63, 3.8) is 0 Å². The molecule has 0 aromatic carbocycles. The average molecular weight is 257 g/mol. The van der Waals surface area contributed by atoms with Crippen molar-refractivity contribution in [3.05, 3.63) is 18.6 Å². The highest BCUT2D eigenvalue weighted by Gasteiger charge is 2.18. The lowest BCUT2D eigenvalue weighted by molar-refractivity contribution is 0.723. The zero-order chi connectivity index (χ0) is 12.9. The molecule has 3 aromatic rings. The molecule has 0 aliphatic rings. The van der Waals surface area contributed by atoms with Gasteiger partial charge in [-0.1, -0.05) is 0 Å². The van der Waals surface area contributed by atoms with Crippen molar-refractivity contribution in [1.29, 1.82) is 0 Å². The summed E-state index contributed by atoms with van der Waals surface area (Å²) in [5.74, 6) is 0.874. The van der Waals surface area contributed by atoms with E-state index in [4.69, 9.17) is 0 Å². The van der Waals surface area contributed by atoms with Crippen molar-refractivity contribution in [3.8, 4) is 0 Å². The summed E-state index contributed by atoms with van der Waals surface area (Å²) >= 11 is 0. The molecule has 0 saturated heterocycles. The van der Waals surface area contributed by atoms with Crippen LogP contribution in [0.1, 0.15) is 0 Å². The van der Waals surface area contributed by atoms with Crippen LogP contribution in [0.4, 0.5) is 17.5 Å². The highest BCUT2D eigenvalue weighted by Crippen LogP contribution is 2.26. The monoisotopic (exact) mass is 257 g/mol. The van der Waals surface area contributed by atoms with Crippen molar-refractivity contribution in [2.75, 3.05) is 4.90 Å². The van der Waals surface area contributed by atoms with Crippen LogP contribution >= 0.6 is 0 Å². The molecule has 3 aromatic heterocycles. The van der Waals surface area contributed by atoms with E-state index < -0.39 is 0 Å². The number of rotatable bonds is 3. The maximum absolute atomic E-state index is 3.80. The summed E-state index contributed by atoms with van der Waals surface area (Å²) in [5.41, 5.74) is 0. The van der Waals surface area contributed by atoms with Crippen LogP contribution in [0.2, 0.25) is 0 Å². The van der Waals surface area contributed by atoms with Gasteiger partial charge in [-0.3, -0.25) is 4.90 Å². The molecule has 0 N–H and O–H groups in total. The molecule has 0 saturated carbocycles. The number of nitrogens with zero attached hydrogens (tertiary/aromatic N) is 13. The number of hydrogen-bond donors (Lipinski definition) is 0. The van der Waals surface area contributed by atoms with Crippen LogP contribution in [0.5, 0.6) is 0 Å². The third-order valence-electron chi connectivity index (χ3n) is 1.92. The molecule has 13 nitrogen and oxygen atoms in total. The summed E-state index contributed by atoms with van der Waals surface area (Å²) in [6, 6.07) is 0. The zero-order valence-corrected chi connectivity index (χ0v) is 9.05. The molecule has 0 fully saturated rings. The second kappa shape index (κ2) is 4.86. The fourth-order valence-electron chi connectivity index (χ4n) is 1.24. The predicted molar refractivity (Wildman–Crippen MR) is 54.7 cm³/mol. The summed E-state index contributed by atoms with van der Waals surface area (Å²) in [7, 11) is 0. The largest absolute Gasteiger partial charge is 0.254 e. The van der Waals surface area contributed by atoms with Crippen LogP contribution in [-0.2, 0) is 0 Å². The maximum atomic E-state index is 3.80. The first-order valence-electron chi connectivity index (χ1n) is 4.78. The SMILES string of the molecule is c1nnnnc1N(c1cnnnn1)c1cnnnn1. The Kier molecular flexibility index (Phi) is 2.75. The molecule has 0 atom stereocenters. The van der Waals surface area contributed by atoms with Gasteiger partial charge in [0.2, 0.25) is 0 Å². The highest BCUT2D eigenvalue weighted by molar-refractivity contribution is 5.66. The number of hydrogen-bond acceptors (Lipinski definition) is 13. The van der Waals surface area contributed by atoms with Crippen molar-refractivity contribution >= 4 is 17.5 Å². The van der Waals surface area contributed by atoms with Crippen LogP contribution in [0, 0.1) is 0 Å². The molecule has 0 bridgehead atoms. The smallest absolute Gasteiger partial charge is 0.185 e. The molecule has 19 heavy (non-hydrogen) atoms. The van der Waals surface area contributed by atoms with E-state index in [1.54, 1.807) is 0 Å². The standard InChI is InChI=1S/C6H3N13/c1-4(10-16-13-7-1)19(5-2-8-14-17-11-5)6-3-9-15-18-12-6/h1-3H. The Labute approximate surface area is 104 Å². The van der Waals surface area contributed by atoms with Crippen molar-refractivity contribution in [2.45, 2.75) is 0 Å². The van der Waals surface area contributed by atoms with Crippen molar-refractivity contribution in [2.24, 2.45) is 0 Å². The third-order valence-corrected chi connectivity index (χ3v) is 1.92. The van der Waals surface area contributed by atoms with Gasteiger partial charge in [0.25, 0.3) is 0 Å². The molecule has 92 valence electrons. The van der Waals surface area contributed by atoms with Gasteiger partial charge in [0, 0.05) is 0 Å². The normalized spacial score (nSPS) is 10.1. The Morgan fingerprint density at radius 2 is 0.895 bits per heavy atom. The van der Waals surface area contributed by atoms with E-state index >= 15 is 0 Å². The quantitative estimate of drug-likeness (QED) is 0.502. The minimum Gasteiger partial charge on any atom is -0.254 e. The fourth-order valence-corrected chi connectivity index (χ4v) is 1.24. The Bertz CT molecular complexity index is 535. The van der Waals surface area contributed by atoms with Crippen molar-refractivity contribution in [1.82, 2.24) is 61.9 Å². The van der Waals surface area contributed by atoms with E-state index in [0.717, 1.165) is 0 Å². The topological polar surface area (TPSA) is 158 Å². The van der Waals surface area contributed by atoms with Gasteiger partial charge in [0.05, 0.1) is 18.6 Å². The Morgan fingerprint density at radius 1 is 0.526 bits per heavy atom. The average Bonchev–Trinajstić information content (AvgIpc) is 2.51. The minimum absolute atomic E-state index is 0.291. The molecule has 0 spiro atoms. The summed E-state index contributed by atoms with van der Waals surface area (Å²) in [6.07, 6.45) is 4.08. The third kappa shape index (κ3) is 2.19. The van der Waals surface area contributed by atoms with Gasteiger partial charge in [-0.25, -0.2) is 0 Å². The van der Waals surface area contributed by atoms with Crippen LogP contribution < -0.4 is 4.90 Å². The maximum Gasteiger partial charge on any atom is 0.185 e. The molecule has 13 heteroatoms. The minimum atomic E-state index is 0.291. The molecule has 3 heterocycles. The van der Waals surface area contributed by atoms with E-state index in [9.17, 15) is 0 Å². The second-order valence-corrected chi connectivity index (χ2v) is 2.98. The lowest BCUT2D eigenvalue weighted by Gasteiger charge is -2.17. The lowest BCUT2D eigenvalue weighted by Crippen LogP contribution is -2.18. The van der Waals surface area contributed by atoms with E-state index in [1.807, 2.05) is 0 Å². The summed E-state index contributed by atoms with van der Waals surface area (Å²) in [6.45, 7) is 0. The number of anilines is 3. The summed E-state index contributed by atoms with van der Waals surface area (Å²) in [4.78, 5) is 1.42. The van der Waals surface area contributed by atoms with E-state index in [1.165, 1.54) is 23.5 Å². The highest BCUT2D eigenvalue weighted by atomic mass is 15.5. The molecule has 0 amide bonds. The first-order valence-corrected chi connectivity index (χ1v) is 4.78. The summed E-state index contributed by atoms with van der Waals surface area (Å²) in [5, 5.41) is 42.6. The Hall–Kier alpha value is -3.38. The van der Waals surface area contributed by atoms with Crippen LogP contribution in [-0.4, -0.2) is 61.9 Å². The Morgan fingerprint density at radius 3 is 1.16 bits per heavy atom. The van der Waals surface area contributed by atoms with Crippen LogP contribution in [0.3, 0.4) is 0 Å².